The van der Waals surface area contributed by atoms with Crippen molar-refractivity contribution in [1.82, 2.24) is 0 Å². The fourth-order valence-electron chi connectivity index (χ4n) is 2.29. The Morgan fingerprint density at radius 3 is 2.65 bits per heavy atom. The van der Waals surface area contributed by atoms with E-state index in [0.717, 1.165) is 10.9 Å². The van der Waals surface area contributed by atoms with Crippen LogP contribution < -0.4 is 5.32 Å². The molecule has 3 aromatic rings. The largest absolute Gasteiger partial charge is 0.451 e. The summed E-state index contributed by atoms with van der Waals surface area (Å²) in [7, 11) is 0. The van der Waals surface area contributed by atoms with Crippen LogP contribution in [0.5, 0.6) is 0 Å². The van der Waals surface area contributed by atoms with Crippen molar-refractivity contribution in [2.75, 3.05) is 5.32 Å². The summed E-state index contributed by atoms with van der Waals surface area (Å²) in [6.45, 7) is 1.79. The number of hydrogen-bond donors (Lipinski definition) is 1. The van der Waals surface area contributed by atoms with Gasteiger partial charge in [-0.25, -0.2) is 0 Å². The Morgan fingerprint density at radius 1 is 1.26 bits per heavy atom. The number of nitro benzene ring substituents is 1. The number of carbonyl (C=O) groups is 1. The van der Waals surface area contributed by atoms with Crippen molar-refractivity contribution in [3.05, 3.63) is 68.9 Å². The molecule has 1 amide bonds. The molecule has 0 radical (unpaired) electrons. The molecule has 0 aliphatic rings. The highest BCUT2D eigenvalue weighted by atomic mass is 35.5. The molecule has 0 aliphatic carbocycles. The number of fused-ring (bicyclic) bond motifs is 1. The van der Waals surface area contributed by atoms with E-state index in [1.165, 1.54) is 18.2 Å². The molecule has 6 nitrogen and oxygen atoms in total. The number of furan rings is 1. The summed E-state index contributed by atoms with van der Waals surface area (Å²) in [6, 6.07) is 11.2. The van der Waals surface area contributed by atoms with Crippen LogP contribution in [0, 0.1) is 17.0 Å². The van der Waals surface area contributed by atoms with Gasteiger partial charge in [0.2, 0.25) is 0 Å². The predicted molar refractivity (Wildman–Crippen MR) is 87.0 cm³/mol. The number of nitrogens with zero attached hydrogens (tertiary/aromatic N) is 1. The summed E-state index contributed by atoms with van der Waals surface area (Å²) < 4.78 is 5.57. The van der Waals surface area contributed by atoms with Crippen molar-refractivity contribution < 1.29 is 14.1 Å². The first-order chi connectivity index (χ1) is 11.0. The molecule has 0 aliphatic heterocycles. The van der Waals surface area contributed by atoms with Gasteiger partial charge >= 0.3 is 0 Å². The fourth-order valence-corrected chi connectivity index (χ4v) is 2.51. The highest BCUT2D eigenvalue weighted by Gasteiger charge is 2.19. The maximum absolute atomic E-state index is 12.4. The van der Waals surface area contributed by atoms with Gasteiger partial charge in [0.1, 0.15) is 5.58 Å². The Bertz CT molecular complexity index is 933. The van der Waals surface area contributed by atoms with Crippen molar-refractivity contribution in [2.45, 2.75) is 6.92 Å². The summed E-state index contributed by atoms with van der Waals surface area (Å²) in [4.78, 5) is 22.5. The Hall–Kier alpha value is -2.86. The first-order valence-corrected chi connectivity index (χ1v) is 7.08. The first kappa shape index (κ1) is 15.1. The van der Waals surface area contributed by atoms with Crippen LogP contribution in [0.1, 0.15) is 16.1 Å². The third kappa shape index (κ3) is 2.76. The molecule has 0 fully saturated rings. The number of non-ortho nitro benzene ring substituents is 1. The van der Waals surface area contributed by atoms with Crippen LogP contribution in [0.3, 0.4) is 0 Å². The molecule has 0 atom stereocenters. The Balaban J connectivity index is 1.92. The lowest BCUT2D eigenvalue weighted by Gasteiger charge is -2.06. The van der Waals surface area contributed by atoms with E-state index in [2.05, 4.69) is 5.32 Å². The third-order valence-electron chi connectivity index (χ3n) is 3.46. The fraction of sp³-hybridized carbons (Fsp3) is 0.0625. The number of benzene rings is 2. The van der Waals surface area contributed by atoms with Crippen LogP contribution in [0.15, 0.2) is 46.9 Å². The minimum atomic E-state index is -0.555. The molecule has 3 rings (SSSR count). The van der Waals surface area contributed by atoms with Crippen molar-refractivity contribution in [3.8, 4) is 0 Å². The second-order valence-corrected chi connectivity index (χ2v) is 5.33. The van der Waals surface area contributed by atoms with E-state index in [0.29, 0.717) is 5.58 Å². The number of carbonyl (C=O) groups excluding carboxylic acids is 1. The first-order valence-electron chi connectivity index (χ1n) is 6.71. The van der Waals surface area contributed by atoms with E-state index in [1.807, 2.05) is 18.2 Å². The Kier molecular flexibility index (Phi) is 3.75. The molecule has 0 saturated carbocycles. The third-order valence-corrected chi connectivity index (χ3v) is 3.77. The number of rotatable bonds is 3. The summed E-state index contributed by atoms with van der Waals surface area (Å²) in [5.74, 6) is -0.282. The predicted octanol–water partition coefficient (Wildman–Crippen LogP) is 4.56. The van der Waals surface area contributed by atoms with E-state index in [9.17, 15) is 14.9 Å². The van der Waals surface area contributed by atoms with Gasteiger partial charge in [-0.05, 0) is 19.1 Å². The van der Waals surface area contributed by atoms with E-state index in [4.69, 9.17) is 16.0 Å². The molecular formula is C16H11ClN2O4. The number of hydrogen-bond acceptors (Lipinski definition) is 4. The maximum atomic E-state index is 12.4. The monoisotopic (exact) mass is 330 g/mol. The smallest absolute Gasteiger partial charge is 0.291 e. The van der Waals surface area contributed by atoms with Crippen molar-refractivity contribution in [1.29, 1.82) is 0 Å². The van der Waals surface area contributed by atoms with Crippen LogP contribution >= 0.6 is 11.6 Å². The average molecular weight is 331 g/mol. The zero-order chi connectivity index (χ0) is 16.6. The summed E-state index contributed by atoms with van der Waals surface area (Å²) in [6.07, 6.45) is 0. The lowest BCUT2D eigenvalue weighted by Crippen LogP contribution is -2.12. The quantitative estimate of drug-likeness (QED) is 0.563. The van der Waals surface area contributed by atoms with Gasteiger partial charge in [-0.1, -0.05) is 29.8 Å². The number of anilines is 1. The molecule has 0 unspecified atom stereocenters. The van der Waals surface area contributed by atoms with Gasteiger partial charge in [0.15, 0.2) is 5.76 Å². The van der Waals surface area contributed by atoms with E-state index < -0.39 is 10.8 Å². The molecule has 0 spiro atoms. The standard InChI is InChI=1S/C16H11ClN2O4/c1-9-11-4-2-3-5-14(11)23-15(9)16(20)18-13-7-6-10(19(21)22)8-12(13)17/h2-8H,1H3,(H,18,20). The molecular weight excluding hydrogens is 320 g/mol. The van der Waals surface area contributed by atoms with Gasteiger partial charge < -0.3 is 9.73 Å². The number of para-hydroxylation sites is 1. The van der Waals surface area contributed by atoms with Gasteiger partial charge in [-0.2, -0.15) is 0 Å². The molecule has 7 heteroatoms. The second kappa shape index (κ2) is 5.73. The molecule has 1 aromatic heterocycles. The van der Waals surface area contributed by atoms with Gasteiger partial charge in [-0.15, -0.1) is 0 Å². The average Bonchev–Trinajstić information content (AvgIpc) is 2.87. The van der Waals surface area contributed by atoms with Crippen LogP contribution in [0.25, 0.3) is 11.0 Å². The molecule has 2 aromatic carbocycles. The highest BCUT2D eigenvalue weighted by Crippen LogP contribution is 2.29. The minimum Gasteiger partial charge on any atom is -0.451 e. The minimum absolute atomic E-state index is 0.0846. The molecule has 0 bridgehead atoms. The molecule has 23 heavy (non-hydrogen) atoms. The molecule has 0 saturated heterocycles. The number of amides is 1. The van der Waals surface area contributed by atoms with Crippen molar-refractivity contribution in [2.24, 2.45) is 0 Å². The maximum Gasteiger partial charge on any atom is 0.291 e. The van der Waals surface area contributed by atoms with E-state index in [1.54, 1.807) is 13.0 Å². The Labute approximate surface area is 135 Å². The number of nitrogens with one attached hydrogen (secondary N) is 1. The van der Waals surface area contributed by atoms with Crippen LogP contribution in [-0.4, -0.2) is 10.8 Å². The highest BCUT2D eigenvalue weighted by molar-refractivity contribution is 6.34. The molecule has 1 N–H and O–H groups in total. The summed E-state index contributed by atoms with van der Waals surface area (Å²) in [5, 5.41) is 14.2. The van der Waals surface area contributed by atoms with Gasteiger partial charge in [0, 0.05) is 23.1 Å². The Morgan fingerprint density at radius 2 is 2.00 bits per heavy atom. The number of aryl methyl sites for hydroxylation is 1. The van der Waals surface area contributed by atoms with Gasteiger partial charge in [-0.3, -0.25) is 14.9 Å². The summed E-state index contributed by atoms with van der Waals surface area (Å²) >= 11 is 5.97. The summed E-state index contributed by atoms with van der Waals surface area (Å²) in [5.41, 5.74) is 1.47. The molecule has 116 valence electrons. The van der Waals surface area contributed by atoms with Crippen molar-refractivity contribution in [3.63, 3.8) is 0 Å². The SMILES string of the molecule is Cc1c(C(=O)Nc2ccc([N+](=O)[O-])cc2Cl)oc2ccccc12. The second-order valence-electron chi connectivity index (χ2n) is 4.93. The van der Waals surface area contributed by atoms with Crippen LogP contribution in [0.2, 0.25) is 5.02 Å². The number of halogens is 1. The van der Waals surface area contributed by atoms with E-state index in [-0.39, 0.29) is 22.2 Å². The topological polar surface area (TPSA) is 85.4 Å². The molecule has 1 heterocycles. The number of nitro groups is 1. The normalized spacial score (nSPS) is 10.7. The van der Waals surface area contributed by atoms with Gasteiger partial charge in [0.25, 0.3) is 11.6 Å². The van der Waals surface area contributed by atoms with Crippen LogP contribution in [-0.2, 0) is 0 Å². The zero-order valence-electron chi connectivity index (χ0n) is 12.0. The lowest BCUT2D eigenvalue weighted by molar-refractivity contribution is -0.384. The lowest BCUT2D eigenvalue weighted by atomic mass is 10.1. The van der Waals surface area contributed by atoms with Crippen molar-refractivity contribution >= 4 is 39.9 Å². The van der Waals surface area contributed by atoms with Gasteiger partial charge in [0.05, 0.1) is 15.6 Å². The van der Waals surface area contributed by atoms with Crippen LogP contribution in [0.4, 0.5) is 11.4 Å². The zero-order valence-corrected chi connectivity index (χ0v) is 12.8. The van der Waals surface area contributed by atoms with E-state index >= 15 is 0 Å².